The van der Waals surface area contributed by atoms with E-state index in [9.17, 15) is 0 Å². The zero-order valence-corrected chi connectivity index (χ0v) is 6.65. The number of aromatic hydroxyl groups is 2. The second-order valence-electron chi connectivity index (χ2n) is 2.09. The lowest BCUT2D eigenvalue weighted by atomic mass is 10.2. The second-order valence-corrected chi connectivity index (χ2v) is 2.45. The Morgan fingerprint density at radius 3 is 2.42 bits per heavy atom. The highest BCUT2D eigenvalue weighted by molar-refractivity contribution is 6.69. The van der Waals surface area contributed by atoms with Crippen LogP contribution in [0.5, 0.6) is 11.5 Å². The van der Waals surface area contributed by atoms with Gasteiger partial charge in [-0.05, 0) is 18.2 Å². The predicted octanol–water partition coefficient (Wildman–Crippen LogP) is 1.47. The lowest BCUT2D eigenvalue weighted by Crippen LogP contribution is -1.89. The summed E-state index contributed by atoms with van der Waals surface area (Å²) in [5.74, 6) is -0.560. The summed E-state index contributed by atoms with van der Waals surface area (Å²) >= 11 is 5.42. The van der Waals surface area contributed by atoms with Gasteiger partial charge < -0.3 is 15.4 Å². The quantitative estimate of drug-likeness (QED) is 0.270. The maximum atomic E-state index is 9.00. The fourth-order valence-corrected chi connectivity index (χ4v) is 0.827. The van der Waals surface area contributed by atoms with Crippen LogP contribution in [-0.2, 0) is 0 Å². The molecule has 0 saturated heterocycles. The van der Waals surface area contributed by atoms with Gasteiger partial charge in [0.25, 0.3) is 0 Å². The van der Waals surface area contributed by atoms with Crippen LogP contribution in [-0.4, -0.2) is 20.6 Å². The van der Waals surface area contributed by atoms with Crippen LogP contribution in [0.2, 0.25) is 0 Å². The van der Waals surface area contributed by atoms with Crippen molar-refractivity contribution in [1.82, 2.24) is 0 Å². The van der Waals surface area contributed by atoms with Crippen LogP contribution >= 0.6 is 11.6 Å². The molecule has 12 heavy (non-hydrogen) atoms. The topological polar surface area (TPSA) is 73.1 Å². The first-order valence-electron chi connectivity index (χ1n) is 3.05. The molecule has 0 fully saturated rings. The van der Waals surface area contributed by atoms with Crippen molar-refractivity contribution in [1.29, 1.82) is 0 Å². The fourth-order valence-electron chi connectivity index (χ4n) is 0.709. The van der Waals surface area contributed by atoms with Gasteiger partial charge in [-0.1, -0.05) is 16.8 Å². The number of nitrogens with zero attached hydrogens (tertiary/aromatic N) is 1. The number of benzene rings is 1. The molecular formula is C7H6ClNO3. The van der Waals surface area contributed by atoms with E-state index >= 15 is 0 Å². The van der Waals surface area contributed by atoms with Crippen molar-refractivity contribution in [2.24, 2.45) is 5.16 Å². The van der Waals surface area contributed by atoms with Crippen molar-refractivity contribution in [2.75, 3.05) is 0 Å². The van der Waals surface area contributed by atoms with Gasteiger partial charge in [0.2, 0.25) is 0 Å². The Morgan fingerprint density at radius 2 is 1.92 bits per heavy atom. The SMILES string of the molecule is ON=C(Cl)c1ccc(O)c(O)c1. The van der Waals surface area contributed by atoms with E-state index in [1.54, 1.807) is 0 Å². The smallest absolute Gasteiger partial charge is 0.175 e. The Kier molecular flexibility index (Phi) is 2.40. The van der Waals surface area contributed by atoms with Crippen LogP contribution in [0.1, 0.15) is 5.56 Å². The van der Waals surface area contributed by atoms with Crippen LogP contribution in [0.4, 0.5) is 0 Å². The van der Waals surface area contributed by atoms with Gasteiger partial charge in [-0.15, -0.1) is 0 Å². The Balaban J connectivity index is 3.13. The summed E-state index contributed by atoms with van der Waals surface area (Å²) < 4.78 is 0. The van der Waals surface area contributed by atoms with E-state index in [0.29, 0.717) is 5.56 Å². The van der Waals surface area contributed by atoms with Gasteiger partial charge in [-0.3, -0.25) is 0 Å². The highest BCUT2D eigenvalue weighted by Crippen LogP contribution is 2.25. The average molecular weight is 188 g/mol. The van der Waals surface area contributed by atoms with Crippen molar-refractivity contribution in [3.8, 4) is 11.5 Å². The number of hydrogen-bond acceptors (Lipinski definition) is 4. The Bertz CT molecular complexity index is 324. The van der Waals surface area contributed by atoms with Crippen molar-refractivity contribution >= 4 is 16.8 Å². The zero-order chi connectivity index (χ0) is 9.14. The van der Waals surface area contributed by atoms with Crippen molar-refractivity contribution in [3.63, 3.8) is 0 Å². The molecule has 3 N–H and O–H groups in total. The predicted molar refractivity (Wildman–Crippen MR) is 43.9 cm³/mol. The van der Waals surface area contributed by atoms with Gasteiger partial charge in [0, 0.05) is 5.56 Å². The summed E-state index contributed by atoms with van der Waals surface area (Å²) in [6.07, 6.45) is 0. The second kappa shape index (κ2) is 3.32. The van der Waals surface area contributed by atoms with Crippen LogP contribution in [0.3, 0.4) is 0 Å². The third kappa shape index (κ3) is 1.60. The lowest BCUT2D eigenvalue weighted by molar-refractivity contribution is 0.321. The molecule has 0 aliphatic rings. The molecule has 4 nitrogen and oxygen atoms in total. The molecule has 0 radical (unpaired) electrons. The van der Waals surface area contributed by atoms with Gasteiger partial charge in [0.1, 0.15) is 0 Å². The van der Waals surface area contributed by atoms with Gasteiger partial charge in [-0.2, -0.15) is 0 Å². The van der Waals surface area contributed by atoms with Gasteiger partial charge in [0.05, 0.1) is 0 Å². The molecule has 5 heteroatoms. The van der Waals surface area contributed by atoms with Gasteiger partial charge in [0.15, 0.2) is 16.7 Å². The molecule has 64 valence electrons. The molecule has 0 aromatic heterocycles. The van der Waals surface area contributed by atoms with Crippen LogP contribution in [0.25, 0.3) is 0 Å². The number of rotatable bonds is 1. The lowest BCUT2D eigenvalue weighted by Gasteiger charge is -1.99. The van der Waals surface area contributed by atoms with Crippen molar-refractivity contribution in [2.45, 2.75) is 0 Å². The monoisotopic (exact) mass is 187 g/mol. The third-order valence-electron chi connectivity index (χ3n) is 1.30. The van der Waals surface area contributed by atoms with E-state index in [1.807, 2.05) is 0 Å². The standard InChI is InChI=1S/C7H6ClNO3/c8-7(9-12)4-1-2-5(10)6(11)3-4/h1-3,10-12H. The number of phenolic OH excluding ortho intramolecular Hbond substituents is 2. The molecule has 0 amide bonds. The van der Waals surface area contributed by atoms with E-state index < -0.39 is 0 Å². The maximum Gasteiger partial charge on any atom is 0.175 e. The van der Waals surface area contributed by atoms with E-state index in [2.05, 4.69) is 5.16 Å². The highest BCUT2D eigenvalue weighted by atomic mass is 35.5. The Labute approximate surface area is 73.3 Å². The molecule has 0 aliphatic carbocycles. The van der Waals surface area contributed by atoms with Crippen LogP contribution in [0, 0.1) is 0 Å². The minimum atomic E-state index is -0.311. The number of hydrogen-bond donors (Lipinski definition) is 3. The van der Waals surface area contributed by atoms with Crippen molar-refractivity contribution < 1.29 is 15.4 Å². The largest absolute Gasteiger partial charge is 0.504 e. The average Bonchev–Trinajstić information content (AvgIpc) is 2.08. The zero-order valence-electron chi connectivity index (χ0n) is 5.90. The van der Waals surface area contributed by atoms with Gasteiger partial charge >= 0.3 is 0 Å². The molecule has 0 spiro atoms. The summed E-state index contributed by atoms with van der Waals surface area (Å²) in [6, 6.07) is 3.85. The number of halogens is 1. The maximum absolute atomic E-state index is 9.00. The summed E-state index contributed by atoms with van der Waals surface area (Å²) in [5.41, 5.74) is 0.328. The molecule has 0 unspecified atom stereocenters. The summed E-state index contributed by atoms with van der Waals surface area (Å²) in [7, 11) is 0. The summed E-state index contributed by atoms with van der Waals surface area (Å²) in [6.45, 7) is 0. The van der Waals surface area contributed by atoms with Gasteiger partial charge in [-0.25, -0.2) is 0 Å². The van der Waals surface area contributed by atoms with E-state index in [4.69, 9.17) is 27.0 Å². The summed E-state index contributed by atoms with van der Waals surface area (Å²) in [5, 5.41) is 28.7. The summed E-state index contributed by atoms with van der Waals surface area (Å²) in [4.78, 5) is 0. The Hall–Kier alpha value is -1.42. The molecule has 0 atom stereocenters. The normalized spacial score (nSPS) is 11.6. The molecule has 0 heterocycles. The van der Waals surface area contributed by atoms with E-state index in [0.717, 1.165) is 0 Å². The first-order chi connectivity index (χ1) is 5.65. The molecule has 1 rings (SSSR count). The first kappa shape index (κ1) is 8.67. The minimum Gasteiger partial charge on any atom is -0.504 e. The van der Waals surface area contributed by atoms with E-state index in [1.165, 1.54) is 18.2 Å². The number of oxime groups is 1. The molecule has 0 aliphatic heterocycles. The number of phenols is 2. The van der Waals surface area contributed by atoms with Crippen LogP contribution in [0.15, 0.2) is 23.4 Å². The first-order valence-corrected chi connectivity index (χ1v) is 3.43. The van der Waals surface area contributed by atoms with Crippen LogP contribution < -0.4 is 0 Å². The van der Waals surface area contributed by atoms with E-state index in [-0.39, 0.29) is 16.7 Å². The Morgan fingerprint density at radius 1 is 1.25 bits per heavy atom. The molecule has 0 saturated carbocycles. The minimum absolute atomic E-state index is 0.148. The van der Waals surface area contributed by atoms with Crippen molar-refractivity contribution in [3.05, 3.63) is 23.8 Å². The molecule has 1 aromatic rings. The fraction of sp³-hybridized carbons (Fsp3) is 0. The molecule has 1 aromatic carbocycles. The molecule has 0 bridgehead atoms. The molecular weight excluding hydrogens is 182 g/mol. The highest BCUT2D eigenvalue weighted by Gasteiger charge is 2.04. The third-order valence-corrected chi connectivity index (χ3v) is 1.60.